The third-order valence-corrected chi connectivity index (χ3v) is 4.02. The molecular weight excluding hydrogens is 334 g/mol. The molecule has 7 heteroatoms. The first-order chi connectivity index (χ1) is 12.2. The van der Waals surface area contributed by atoms with Gasteiger partial charge in [0, 0.05) is 37.9 Å². The smallest absolute Gasteiger partial charge is 0.410 e. The van der Waals surface area contributed by atoms with Gasteiger partial charge in [-0.2, -0.15) is 5.26 Å². The Bertz CT molecular complexity index is 710. The SMILES string of the molecule is COc1cc(N2CCN(C(=O)OC(C)(C)C)CC2)ccc1C(=O)CC#N. The summed E-state index contributed by atoms with van der Waals surface area (Å²) in [5.74, 6) is 0.197. The molecule has 1 heterocycles. The number of nitriles is 1. The van der Waals surface area contributed by atoms with Crippen molar-refractivity contribution in [3.8, 4) is 11.8 Å². The van der Waals surface area contributed by atoms with Gasteiger partial charge in [0.2, 0.25) is 0 Å². The number of ether oxygens (including phenoxy) is 2. The lowest BCUT2D eigenvalue weighted by molar-refractivity contribution is 0.0240. The Hall–Kier alpha value is -2.75. The highest BCUT2D eigenvalue weighted by atomic mass is 16.6. The van der Waals surface area contributed by atoms with Gasteiger partial charge >= 0.3 is 6.09 Å². The molecule has 0 radical (unpaired) electrons. The fourth-order valence-electron chi connectivity index (χ4n) is 2.75. The predicted molar refractivity (Wildman–Crippen MR) is 97.6 cm³/mol. The second-order valence-corrected chi connectivity index (χ2v) is 7.10. The Morgan fingerprint density at radius 1 is 1.19 bits per heavy atom. The quantitative estimate of drug-likeness (QED) is 0.769. The van der Waals surface area contributed by atoms with E-state index in [1.165, 1.54) is 7.11 Å². The Morgan fingerprint density at radius 2 is 1.85 bits per heavy atom. The molecule has 26 heavy (non-hydrogen) atoms. The highest BCUT2D eigenvalue weighted by Crippen LogP contribution is 2.27. The zero-order valence-electron chi connectivity index (χ0n) is 15.7. The number of piperazine rings is 1. The maximum atomic E-state index is 12.1. The number of benzene rings is 1. The second-order valence-electron chi connectivity index (χ2n) is 7.10. The van der Waals surface area contributed by atoms with Crippen LogP contribution >= 0.6 is 0 Å². The van der Waals surface area contributed by atoms with Crippen LogP contribution < -0.4 is 9.64 Å². The van der Waals surface area contributed by atoms with E-state index < -0.39 is 5.60 Å². The molecule has 0 aromatic heterocycles. The van der Waals surface area contributed by atoms with Crippen molar-refractivity contribution >= 4 is 17.6 Å². The van der Waals surface area contributed by atoms with Crippen LogP contribution in [0.3, 0.4) is 0 Å². The molecule has 0 N–H and O–H groups in total. The number of carbonyl (C=O) groups is 2. The molecule has 0 unspecified atom stereocenters. The summed E-state index contributed by atoms with van der Waals surface area (Å²) in [6.45, 7) is 7.99. The van der Waals surface area contributed by atoms with E-state index in [2.05, 4.69) is 4.90 Å². The predicted octanol–water partition coefficient (Wildman–Crippen LogP) is 2.85. The standard InChI is InChI=1S/C19H25N3O4/c1-19(2,3)26-18(24)22-11-9-21(10-12-22)14-5-6-15(16(23)7-8-20)17(13-14)25-4/h5-6,13H,7,9-12H2,1-4H3. The molecule has 0 bridgehead atoms. The van der Waals surface area contributed by atoms with Crippen molar-refractivity contribution in [1.29, 1.82) is 5.26 Å². The summed E-state index contributed by atoms with van der Waals surface area (Å²) in [5.41, 5.74) is 0.817. The molecule has 1 aromatic rings. The van der Waals surface area contributed by atoms with Crippen LogP contribution in [-0.2, 0) is 4.74 Å². The van der Waals surface area contributed by atoms with Gasteiger partial charge in [0.15, 0.2) is 5.78 Å². The Labute approximate surface area is 154 Å². The fraction of sp³-hybridized carbons (Fsp3) is 0.526. The largest absolute Gasteiger partial charge is 0.496 e. The van der Waals surface area contributed by atoms with Crippen LogP contribution in [0.5, 0.6) is 5.75 Å². The average molecular weight is 359 g/mol. The van der Waals surface area contributed by atoms with Crippen molar-refractivity contribution in [2.45, 2.75) is 32.8 Å². The molecule has 1 aliphatic heterocycles. The van der Waals surface area contributed by atoms with Crippen molar-refractivity contribution in [1.82, 2.24) is 4.90 Å². The Morgan fingerprint density at radius 3 is 2.38 bits per heavy atom. The Balaban J connectivity index is 2.04. The molecule has 1 aromatic carbocycles. The molecule has 0 atom stereocenters. The maximum absolute atomic E-state index is 12.1. The van der Waals surface area contributed by atoms with E-state index in [0.29, 0.717) is 37.5 Å². The molecule has 7 nitrogen and oxygen atoms in total. The molecule has 0 saturated carbocycles. The lowest BCUT2D eigenvalue weighted by atomic mass is 10.1. The zero-order chi connectivity index (χ0) is 19.3. The molecule has 1 saturated heterocycles. The van der Waals surface area contributed by atoms with Crippen molar-refractivity contribution in [3.63, 3.8) is 0 Å². The van der Waals surface area contributed by atoms with E-state index in [0.717, 1.165) is 5.69 Å². The number of rotatable bonds is 4. The molecule has 1 amide bonds. The highest BCUT2D eigenvalue weighted by Gasteiger charge is 2.26. The number of Topliss-reactive ketones (excluding diaryl/α,β-unsaturated/α-hetero) is 1. The van der Waals surface area contributed by atoms with Crippen molar-refractivity contribution in [2.24, 2.45) is 0 Å². The minimum Gasteiger partial charge on any atom is -0.496 e. The van der Waals surface area contributed by atoms with Gasteiger partial charge in [-0.3, -0.25) is 4.79 Å². The number of hydrogen-bond acceptors (Lipinski definition) is 6. The summed E-state index contributed by atoms with van der Waals surface area (Å²) < 4.78 is 10.7. The van der Waals surface area contributed by atoms with Crippen LogP contribution in [0.1, 0.15) is 37.6 Å². The van der Waals surface area contributed by atoms with Gasteiger partial charge < -0.3 is 19.3 Å². The fourth-order valence-corrected chi connectivity index (χ4v) is 2.75. The maximum Gasteiger partial charge on any atom is 0.410 e. The first-order valence-electron chi connectivity index (χ1n) is 8.56. The number of hydrogen-bond donors (Lipinski definition) is 0. The molecule has 2 rings (SSSR count). The van der Waals surface area contributed by atoms with Crippen LogP contribution in [0.25, 0.3) is 0 Å². The van der Waals surface area contributed by atoms with Gasteiger partial charge in [0.05, 0.1) is 25.2 Å². The Kier molecular flexibility index (Phi) is 6.09. The monoisotopic (exact) mass is 359 g/mol. The number of carbonyl (C=O) groups excluding carboxylic acids is 2. The molecule has 140 valence electrons. The number of methoxy groups -OCH3 is 1. The van der Waals surface area contributed by atoms with E-state index in [1.54, 1.807) is 17.0 Å². The number of nitrogens with zero attached hydrogens (tertiary/aromatic N) is 3. The van der Waals surface area contributed by atoms with Gasteiger partial charge in [-0.05, 0) is 32.9 Å². The van der Waals surface area contributed by atoms with Gasteiger partial charge in [0.25, 0.3) is 0 Å². The van der Waals surface area contributed by atoms with Crippen molar-refractivity contribution in [3.05, 3.63) is 23.8 Å². The molecular formula is C19H25N3O4. The normalized spacial score (nSPS) is 14.6. The summed E-state index contributed by atoms with van der Waals surface area (Å²) in [4.78, 5) is 27.9. The van der Waals surface area contributed by atoms with E-state index in [-0.39, 0.29) is 18.3 Å². The lowest BCUT2D eigenvalue weighted by Crippen LogP contribution is -2.50. The first-order valence-corrected chi connectivity index (χ1v) is 8.56. The van der Waals surface area contributed by atoms with Crippen LogP contribution in [0.2, 0.25) is 0 Å². The third-order valence-electron chi connectivity index (χ3n) is 4.02. The van der Waals surface area contributed by atoms with E-state index >= 15 is 0 Å². The minimum atomic E-state index is -0.507. The van der Waals surface area contributed by atoms with Gasteiger partial charge in [-0.25, -0.2) is 4.79 Å². The minimum absolute atomic E-state index is 0.176. The van der Waals surface area contributed by atoms with E-state index in [9.17, 15) is 9.59 Å². The van der Waals surface area contributed by atoms with Crippen LogP contribution in [-0.4, -0.2) is 55.7 Å². The first kappa shape index (κ1) is 19.6. The van der Waals surface area contributed by atoms with Gasteiger partial charge in [0.1, 0.15) is 11.4 Å². The zero-order valence-corrected chi connectivity index (χ0v) is 15.7. The molecule has 1 aliphatic rings. The number of anilines is 1. The second kappa shape index (κ2) is 8.09. The molecule has 0 spiro atoms. The molecule has 0 aliphatic carbocycles. The van der Waals surface area contributed by atoms with Gasteiger partial charge in [-0.15, -0.1) is 0 Å². The summed E-state index contributed by atoms with van der Waals surface area (Å²) in [6, 6.07) is 7.19. The van der Waals surface area contributed by atoms with E-state index in [4.69, 9.17) is 14.7 Å². The summed E-state index contributed by atoms with van der Waals surface area (Å²) in [6.07, 6.45) is -0.475. The average Bonchev–Trinajstić information content (AvgIpc) is 2.60. The van der Waals surface area contributed by atoms with Crippen LogP contribution in [0.15, 0.2) is 18.2 Å². The molecule has 1 fully saturated rings. The van der Waals surface area contributed by atoms with Crippen molar-refractivity contribution in [2.75, 3.05) is 38.2 Å². The van der Waals surface area contributed by atoms with E-state index in [1.807, 2.05) is 32.9 Å². The lowest BCUT2D eigenvalue weighted by Gasteiger charge is -2.36. The third kappa shape index (κ3) is 4.88. The van der Waals surface area contributed by atoms with Crippen LogP contribution in [0.4, 0.5) is 10.5 Å². The van der Waals surface area contributed by atoms with Crippen LogP contribution in [0, 0.1) is 11.3 Å². The summed E-state index contributed by atoms with van der Waals surface area (Å²) in [7, 11) is 1.50. The van der Waals surface area contributed by atoms with Crippen molar-refractivity contribution < 1.29 is 19.1 Å². The topological polar surface area (TPSA) is 82.9 Å². The summed E-state index contributed by atoms with van der Waals surface area (Å²) >= 11 is 0. The highest BCUT2D eigenvalue weighted by molar-refractivity contribution is 6.00. The van der Waals surface area contributed by atoms with Gasteiger partial charge in [-0.1, -0.05) is 0 Å². The summed E-state index contributed by atoms with van der Waals surface area (Å²) in [5, 5.41) is 8.70. The number of ketones is 1. The number of amides is 1.